The zero-order valence-corrected chi connectivity index (χ0v) is 17.1. The van der Waals surface area contributed by atoms with Crippen molar-refractivity contribution in [2.45, 2.75) is 31.6 Å². The molecule has 0 spiro atoms. The minimum atomic E-state index is -3.62. The van der Waals surface area contributed by atoms with E-state index in [2.05, 4.69) is 10.0 Å². The zero-order valence-electron chi connectivity index (χ0n) is 16.3. The predicted molar refractivity (Wildman–Crippen MR) is 109 cm³/mol. The van der Waals surface area contributed by atoms with Crippen LogP contribution in [0, 0.1) is 0 Å². The van der Waals surface area contributed by atoms with Gasteiger partial charge in [0.1, 0.15) is 0 Å². The molecule has 8 heteroatoms. The molecular formula is C20H26N2O5S. The number of methoxy groups -OCH3 is 1. The first-order chi connectivity index (χ1) is 13.4. The summed E-state index contributed by atoms with van der Waals surface area (Å²) < 4.78 is 37.9. The molecule has 0 aliphatic rings. The van der Waals surface area contributed by atoms with Gasteiger partial charge in [-0.1, -0.05) is 19.4 Å². The van der Waals surface area contributed by atoms with Crippen molar-refractivity contribution in [3.63, 3.8) is 0 Å². The van der Waals surface area contributed by atoms with Crippen LogP contribution in [0.1, 0.15) is 37.0 Å². The van der Waals surface area contributed by atoms with Gasteiger partial charge in [-0.2, -0.15) is 0 Å². The molecule has 2 aromatic carbocycles. The Balaban J connectivity index is 2.17. The summed E-state index contributed by atoms with van der Waals surface area (Å²) in [6, 6.07) is 11.0. The van der Waals surface area contributed by atoms with Gasteiger partial charge >= 0.3 is 0 Å². The molecule has 0 heterocycles. The Morgan fingerprint density at radius 3 is 2.54 bits per heavy atom. The Morgan fingerprint density at radius 1 is 1.07 bits per heavy atom. The third kappa shape index (κ3) is 5.71. The highest BCUT2D eigenvalue weighted by atomic mass is 32.2. The van der Waals surface area contributed by atoms with Crippen LogP contribution < -0.4 is 19.5 Å². The molecule has 152 valence electrons. The average molecular weight is 407 g/mol. The molecule has 2 aromatic rings. The van der Waals surface area contributed by atoms with Crippen LogP contribution in [0.15, 0.2) is 47.4 Å². The fourth-order valence-corrected chi connectivity index (χ4v) is 3.62. The molecule has 0 saturated heterocycles. The molecule has 0 aliphatic carbocycles. The maximum atomic E-state index is 12.6. The van der Waals surface area contributed by atoms with Crippen molar-refractivity contribution >= 4 is 21.6 Å². The third-order valence-corrected chi connectivity index (χ3v) is 5.41. The van der Waals surface area contributed by atoms with E-state index in [0.29, 0.717) is 35.9 Å². The van der Waals surface area contributed by atoms with Gasteiger partial charge in [0.15, 0.2) is 11.5 Å². The van der Waals surface area contributed by atoms with Crippen molar-refractivity contribution in [2.75, 3.05) is 25.6 Å². The number of hydrogen-bond acceptors (Lipinski definition) is 5. The topological polar surface area (TPSA) is 93.7 Å². The first-order valence-electron chi connectivity index (χ1n) is 9.13. The third-order valence-electron chi connectivity index (χ3n) is 3.95. The van der Waals surface area contributed by atoms with Crippen LogP contribution in [0.3, 0.4) is 0 Å². The summed E-state index contributed by atoms with van der Waals surface area (Å²) in [5, 5.41) is 2.72. The standard InChI is InChI=1S/C20H26N2O5S/c1-4-6-12-21-28(24,25)17-9-7-8-16(14-17)22-20(23)15-10-11-18(26-3)19(13-15)27-5-2/h7-11,13-14,21H,4-6,12H2,1-3H3,(H,22,23). The monoisotopic (exact) mass is 406 g/mol. The SMILES string of the molecule is CCCCNS(=O)(=O)c1cccc(NC(=O)c2ccc(OC)c(OCC)c2)c1. The van der Waals surface area contributed by atoms with E-state index in [4.69, 9.17) is 9.47 Å². The lowest BCUT2D eigenvalue weighted by Gasteiger charge is -2.12. The van der Waals surface area contributed by atoms with Gasteiger partial charge in [-0.25, -0.2) is 13.1 Å². The number of carbonyl (C=O) groups excluding carboxylic acids is 1. The fraction of sp³-hybridized carbons (Fsp3) is 0.350. The summed E-state index contributed by atoms with van der Waals surface area (Å²) >= 11 is 0. The van der Waals surface area contributed by atoms with E-state index >= 15 is 0 Å². The second kappa shape index (κ2) is 10.1. The second-order valence-corrected chi connectivity index (χ2v) is 7.80. The first-order valence-corrected chi connectivity index (χ1v) is 10.6. The Morgan fingerprint density at radius 2 is 1.86 bits per heavy atom. The van der Waals surface area contributed by atoms with Crippen molar-refractivity contribution in [1.29, 1.82) is 0 Å². The molecule has 1 amide bonds. The van der Waals surface area contributed by atoms with Crippen LogP contribution in [-0.4, -0.2) is 34.6 Å². The summed E-state index contributed by atoms with van der Waals surface area (Å²) in [5.41, 5.74) is 0.760. The normalized spacial score (nSPS) is 11.1. The molecular weight excluding hydrogens is 380 g/mol. The molecule has 0 atom stereocenters. The highest BCUT2D eigenvalue weighted by molar-refractivity contribution is 7.89. The van der Waals surface area contributed by atoms with Crippen molar-refractivity contribution in [1.82, 2.24) is 4.72 Å². The number of nitrogens with one attached hydrogen (secondary N) is 2. The van der Waals surface area contributed by atoms with Gasteiger partial charge in [-0.3, -0.25) is 4.79 Å². The number of sulfonamides is 1. The van der Waals surface area contributed by atoms with Gasteiger partial charge in [0, 0.05) is 17.8 Å². The molecule has 0 radical (unpaired) electrons. The Kier molecular flexibility index (Phi) is 7.83. The van der Waals surface area contributed by atoms with E-state index in [1.807, 2.05) is 13.8 Å². The number of amides is 1. The largest absolute Gasteiger partial charge is 0.493 e. The van der Waals surface area contributed by atoms with Gasteiger partial charge in [-0.15, -0.1) is 0 Å². The van der Waals surface area contributed by atoms with Crippen LogP contribution in [0.5, 0.6) is 11.5 Å². The number of benzene rings is 2. The molecule has 0 unspecified atom stereocenters. The molecule has 0 aromatic heterocycles. The van der Waals surface area contributed by atoms with E-state index in [0.717, 1.165) is 12.8 Å². The highest BCUT2D eigenvalue weighted by Crippen LogP contribution is 2.28. The van der Waals surface area contributed by atoms with Crippen molar-refractivity contribution in [3.05, 3.63) is 48.0 Å². The summed E-state index contributed by atoms with van der Waals surface area (Å²) in [6.07, 6.45) is 1.65. The molecule has 0 aliphatic heterocycles. The lowest BCUT2D eigenvalue weighted by Crippen LogP contribution is -2.24. The molecule has 7 nitrogen and oxygen atoms in total. The maximum absolute atomic E-state index is 12.6. The van der Waals surface area contributed by atoms with E-state index < -0.39 is 10.0 Å². The van der Waals surface area contributed by atoms with Crippen LogP contribution in [-0.2, 0) is 10.0 Å². The first kappa shape index (κ1) is 21.7. The van der Waals surface area contributed by atoms with Crippen molar-refractivity contribution in [3.8, 4) is 11.5 Å². The number of rotatable bonds is 10. The molecule has 2 N–H and O–H groups in total. The van der Waals surface area contributed by atoms with Crippen molar-refractivity contribution < 1.29 is 22.7 Å². The minimum Gasteiger partial charge on any atom is -0.493 e. The Labute approximate surface area is 166 Å². The number of unbranched alkanes of at least 4 members (excludes halogenated alkanes) is 1. The number of ether oxygens (including phenoxy) is 2. The zero-order chi connectivity index (χ0) is 20.6. The highest BCUT2D eigenvalue weighted by Gasteiger charge is 2.15. The van der Waals surface area contributed by atoms with E-state index in [-0.39, 0.29) is 10.8 Å². The summed E-state index contributed by atoms with van der Waals surface area (Å²) in [7, 11) is -2.09. The molecule has 2 rings (SSSR count). The molecule has 28 heavy (non-hydrogen) atoms. The Bertz CT molecular complexity index is 913. The predicted octanol–water partition coefficient (Wildman–Crippen LogP) is 3.42. The quantitative estimate of drug-likeness (QED) is 0.590. The van der Waals surface area contributed by atoms with E-state index in [1.165, 1.54) is 19.2 Å². The van der Waals surface area contributed by atoms with Crippen LogP contribution >= 0.6 is 0 Å². The summed E-state index contributed by atoms with van der Waals surface area (Å²) in [5.74, 6) is 0.621. The minimum absolute atomic E-state index is 0.103. The van der Waals surface area contributed by atoms with Gasteiger partial charge in [0.25, 0.3) is 5.91 Å². The molecule has 0 fully saturated rings. The van der Waals surface area contributed by atoms with E-state index in [1.54, 1.807) is 30.3 Å². The molecule has 0 bridgehead atoms. The number of carbonyl (C=O) groups is 1. The number of hydrogen-bond donors (Lipinski definition) is 2. The fourth-order valence-electron chi connectivity index (χ4n) is 2.50. The van der Waals surface area contributed by atoms with E-state index in [9.17, 15) is 13.2 Å². The summed E-state index contributed by atoms with van der Waals surface area (Å²) in [4.78, 5) is 12.7. The summed E-state index contributed by atoms with van der Waals surface area (Å²) in [6.45, 7) is 4.64. The Hall–Kier alpha value is -2.58. The van der Waals surface area contributed by atoms with Gasteiger partial charge in [0.05, 0.1) is 18.6 Å². The van der Waals surface area contributed by atoms with Gasteiger partial charge < -0.3 is 14.8 Å². The van der Waals surface area contributed by atoms with Crippen LogP contribution in [0.2, 0.25) is 0 Å². The lowest BCUT2D eigenvalue weighted by atomic mass is 10.2. The van der Waals surface area contributed by atoms with Gasteiger partial charge in [-0.05, 0) is 49.7 Å². The second-order valence-electron chi connectivity index (χ2n) is 6.03. The number of anilines is 1. The smallest absolute Gasteiger partial charge is 0.255 e. The average Bonchev–Trinajstić information content (AvgIpc) is 2.68. The maximum Gasteiger partial charge on any atom is 0.255 e. The lowest BCUT2D eigenvalue weighted by molar-refractivity contribution is 0.102. The van der Waals surface area contributed by atoms with Crippen LogP contribution in [0.4, 0.5) is 5.69 Å². The van der Waals surface area contributed by atoms with Gasteiger partial charge in [0.2, 0.25) is 10.0 Å². The molecule has 0 saturated carbocycles. The van der Waals surface area contributed by atoms with Crippen LogP contribution in [0.25, 0.3) is 0 Å². The van der Waals surface area contributed by atoms with Crippen molar-refractivity contribution in [2.24, 2.45) is 0 Å².